The Morgan fingerprint density at radius 1 is 1.02 bits per heavy atom. The average Bonchev–Trinajstić information content (AvgIpc) is 3.78. The van der Waals surface area contributed by atoms with Crippen LogP contribution in [0.3, 0.4) is 0 Å². The number of piperidine rings is 1. The number of amides is 3. The van der Waals surface area contributed by atoms with Crippen LogP contribution in [0.4, 0.5) is 4.39 Å². The number of carbonyl (C=O) groups excluding carboxylic acids is 3. The Morgan fingerprint density at radius 2 is 1.76 bits per heavy atom. The van der Waals surface area contributed by atoms with Gasteiger partial charge in [-0.3, -0.25) is 14.4 Å². The number of aromatic nitrogens is 4. The van der Waals surface area contributed by atoms with Crippen molar-refractivity contribution in [3.8, 4) is 28.5 Å². The van der Waals surface area contributed by atoms with Gasteiger partial charge in [-0.15, -0.1) is 0 Å². The molecule has 1 aliphatic carbocycles. The molecular weight excluding hydrogens is 651 g/mol. The lowest BCUT2D eigenvalue weighted by Crippen LogP contribution is -2.50. The number of likely N-dealkylation sites (tertiary alicyclic amines) is 1. The molecule has 2 aliphatic rings. The van der Waals surface area contributed by atoms with E-state index in [9.17, 15) is 18.8 Å². The van der Waals surface area contributed by atoms with Crippen LogP contribution >= 0.6 is 0 Å². The minimum absolute atomic E-state index is 0.00693. The Bertz CT molecular complexity index is 2160. The second-order valence-electron chi connectivity index (χ2n) is 14.5. The van der Waals surface area contributed by atoms with Gasteiger partial charge in [0, 0.05) is 54.8 Å². The number of imidazole rings is 1. The summed E-state index contributed by atoms with van der Waals surface area (Å²) in [4.78, 5) is 49.6. The van der Waals surface area contributed by atoms with Gasteiger partial charge < -0.3 is 35.6 Å². The molecule has 266 valence electrons. The summed E-state index contributed by atoms with van der Waals surface area (Å²) in [7, 11) is 3.49. The number of halogens is 1. The number of rotatable bonds is 10. The summed E-state index contributed by atoms with van der Waals surface area (Å²) in [5, 5.41) is 3.75. The summed E-state index contributed by atoms with van der Waals surface area (Å²) in [6.45, 7) is 4.59. The third-order valence-corrected chi connectivity index (χ3v) is 10.0. The summed E-state index contributed by atoms with van der Waals surface area (Å²) < 4.78 is 24.3. The molecule has 3 amide bonds. The number of carbonyl (C=O) groups is 3. The van der Waals surface area contributed by atoms with Gasteiger partial charge in [0.15, 0.2) is 5.82 Å². The number of hydrogen-bond donors (Lipinski definition) is 3. The van der Waals surface area contributed by atoms with Crippen LogP contribution < -0.4 is 21.5 Å². The highest BCUT2D eigenvalue weighted by atomic mass is 19.1. The topological polar surface area (TPSA) is 163 Å². The van der Waals surface area contributed by atoms with Crippen LogP contribution in [-0.2, 0) is 18.4 Å². The molecule has 3 aromatic heterocycles. The molecule has 0 bridgehead atoms. The number of benzene rings is 2. The van der Waals surface area contributed by atoms with Crippen LogP contribution in [0, 0.1) is 11.3 Å². The number of nitrogens with one attached hydrogen (secondary N) is 1. The van der Waals surface area contributed by atoms with Crippen molar-refractivity contribution in [2.45, 2.75) is 51.9 Å². The second kappa shape index (κ2) is 13.1. The van der Waals surface area contributed by atoms with Gasteiger partial charge in [0.2, 0.25) is 5.91 Å². The number of alkyl halides is 1. The fourth-order valence-electron chi connectivity index (χ4n) is 6.74. The van der Waals surface area contributed by atoms with Crippen molar-refractivity contribution in [2.24, 2.45) is 29.8 Å². The second-order valence-corrected chi connectivity index (χ2v) is 14.5. The van der Waals surface area contributed by atoms with E-state index in [2.05, 4.69) is 16.0 Å². The van der Waals surface area contributed by atoms with Crippen LogP contribution in [0.25, 0.3) is 44.8 Å². The predicted octanol–water partition coefficient (Wildman–Crippen LogP) is 4.43. The molecule has 0 radical (unpaired) electrons. The third kappa shape index (κ3) is 6.65. The largest absolute Gasteiger partial charge is 0.494 e. The van der Waals surface area contributed by atoms with Gasteiger partial charge in [0.1, 0.15) is 23.1 Å². The lowest BCUT2D eigenvalue weighted by molar-refractivity contribution is -0.125. The molecule has 5 aromatic rings. The van der Waals surface area contributed by atoms with E-state index in [4.69, 9.17) is 26.2 Å². The van der Waals surface area contributed by atoms with Crippen molar-refractivity contribution in [1.29, 1.82) is 0 Å². The Kier molecular flexibility index (Phi) is 8.78. The molecule has 2 fully saturated rings. The van der Waals surface area contributed by atoms with E-state index in [0.29, 0.717) is 40.7 Å². The summed E-state index contributed by atoms with van der Waals surface area (Å²) >= 11 is 0. The number of fused-ring (bicyclic) bond motifs is 2. The van der Waals surface area contributed by atoms with Crippen LogP contribution in [0.5, 0.6) is 5.75 Å². The molecule has 0 spiro atoms. The molecule has 51 heavy (non-hydrogen) atoms. The molecule has 0 unspecified atom stereocenters. The van der Waals surface area contributed by atoms with Gasteiger partial charge in [-0.05, 0) is 81.5 Å². The lowest BCUT2D eigenvalue weighted by Gasteiger charge is -2.33. The maximum Gasteiger partial charge on any atom is 0.254 e. The Balaban J connectivity index is 1.22. The van der Waals surface area contributed by atoms with Crippen molar-refractivity contribution < 1.29 is 23.5 Å². The van der Waals surface area contributed by atoms with E-state index < -0.39 is 23.5 Å². The minimum atomic E-state index is -1.16. The summed E-state index contributed by atoms with van der Waals surface area (Å²) in [5.74, 6) is 0.651. The van der Waals surface area contributed by atoms with E-state index in [1.54, 1.807) is 45.2 Å². The van der Waals surface area contributed by atoms with Crippen molar-refractivity contribution in [3.05, 3.63) is 65.7 Å². The average molecular weight is 695 g/mol. The molecule has 2 aromatic carbocycles. The zero-order chi connectivity index (χ0) is 36.2. The predicted molar refractivity (Wildman–Crippen MR) is 193 cm³/mol. The highest BCUT2D eigenvalue weighted by Gasteiger charge is 2.31. The quantitative estimate of drug-likeness (QED) is 0.195. The Hall–Kier alpha value is -5.30. The van der Waals surface area contributed by atoms with Gasteiger partial charge in [-0.2, -0.15) is 0 Å². The first-order valence-electron chi connectivity index (χ1n) is 17.3. The number of ether oxygens (including phenoxy) is 1. The number of primary amides is 1. The number of pyridine rings is 1. The summed E-state index contributed by atoms with van der Waals surface area (Å²) in [5.41, 5.74) is 16.1. The minimum Gasteiger partial charge on any atom is -0.494 e. The first-order valence-corrected chi connectivity index (χ1v) is 17.3. The fourth-order valence-corrected chi connectivity index (χ4v) is 6.74. The first kappa shape index (κ1) is 34.2. The number of hydrogen-bond acceptors (Lipinski definition) is 7. The highest BCUT2D eigenvalue weighted by molar-refractivity contribution is 6.00. The van der Waals surface area contributed by atoms with Crippen molar-refractivity contribution in [1.82, 2.24) is 29.3 Å². The smallest absolute Gasteiger partial charge is 0.254 e. The first-order chi connectivity index (χ1) is 24.3. The van der Waals surface area contributed by atoms with Gasteiger partial charge in [-0.1, -0.05) is 12.1 Å². The van der Waals surface area contributed by atoms with Crippen LogP contribution in [0.2, 0.25) is 0 Å². The van der Waals surface area contributed by atoms with Crippen LogP contribution in [-0.4, -0.2) is 80.7 Å². The SMILES string of the molecule is COc1cc(C(=O)N2C[C@H](N)C[C@@H](F)C2)cc2nc(-c3cc4ccc(-c5ccc(C(=O)NCC(C)(C)C(N)=O)cc5)nc4n3CC3CC3)n(C)c12. The molecule has 5 N–H and O–H groups in total. The number of nitrogens with zero attached hydrogens (tertiary/aromatic N) is 5. The Morgan fingerprint density at radius 3 is 2.43 bits per heavy atom. The van der Waals surface area contributed by atoms with Gasteiger partial charge in [0.25, 0.3) is 11.8 Å². The number of aryl methyl sites for hydroxylation is 1. The van der Waals surface area contributed by atoms with E-state index in [1.807, 2.05) is 35.9 Å². The van der Waals surface area contributed by atoms with Gasteiger partial charge in [0.05, 0.1) is 36.0 Å². The van der Waals surface area contributed by atoms with Gasteiger partial charge >= 0.3 is 0 Å². The number of methoxy groups -OCH3 is 1. The molecule has 4 heterocycles. The maximum atomic E-state index is 14.3. The normalized spacial score (nSPS) is 18.0. The van der Waals surface area contributed by atoms with Crippen molar-refractivity contribution >= 4 is 39.8 Å². The van der Waals surface area contributed by atoms with E-state index in [1.165, 1.54) is 4.90 Å². The third-order valence-electron chi connectivity index (χ3n) is 10.0. The zero-order valence-corrected chi connectivity index (χ0v) is 29.3. The van der Waals surface area contributed by atoms with E-state index in [-0.39, 0.29) is 31.3 Å². The molecule has 7 rings (SSSR count). The van der Waals surface area contributed by atoms with Gasteiger partial charge in [-0.25, -0.2) is 14.4 Å². The Labute approximate surface area is 294 Å². The monoisotopic (exact) mass is 694 g/mol. The van der Waals surface area contributed by atoms with Crippen molar-refractivity contribution in [2.75, 3.05) is 26.7 Å². The van der Waals surface area contributed by atoms with Crippen LogP contribution in [0.1, 0.15) is 53.8 Å². The van der Waals surface area contributed by atoms with E-state index in [0.717, 1.165) is 52.9 Å². The number of nitrogens with two attached hydrogens (primary N) is 2. The molecule has 13 heteroatoms. The molecule has 2 atom stereocenters. The maximum absolute atomic E-state index is 14.3. The van der Waals surface area contributed by atoms with Crippen LogP contribution in [0.15, 0.2) is 54.6 Å². The molecule has 1 saturated carbocycles. The summed E-state index contributed by atoms with van der Waals surface area (Å²) in [6.07, 6.45) is 1.36. The summed E-state index contributed by atoms with van der Waals surface area (Å²) in [6, 6.07) is 16.3. The molecular formula is C38H43FN8O4. The zero-order valence-electron chi connectivity index (χ0n) is 29.3. The molecule has 1 aliphatic heterocycles. The molecule has 1 saturated heterocycles. The fraction of sp³-hybridized carbons (Fsp3) is 0.395. The molecule has 12 nitrogen and oxygen atoms in total. The lowest BCUT2D eigenvalue weighted by atomic mass is 9.92. The highest BCUT2D eigenvalue weighted by Crippen LogP contribution is 2.38. The van der Waals surface area contributed by atoms with E-state index >= 15 is 0 Å². The van der Waals surface area contributed by atoms with Crippen molar-refractivity contribution in [3.63, 3.8) is 0 Å². The standard InChI is InChI=1S/C38H43FN8O4/c1-38(2,37(41)50)20-42-35(48)23-9-7-22(8-10-23)28-12-11-24-14-30(47(33(24)43-28)17-21-5-6-21)34-44-29-13-25(15-31(51-4)32(29)45(34)3)36(49)46-18-26(39)16-27(40)19-46/h7-15,21,26-27H,5-6,16-20,40H2,1-4H3,(H2,41,50)(H,42,48)/t26-,27-/m1/s1.